The van der Waals surface area contributed by atoms with Gasteiger partial charge in [0.15, 0.2) is 0 Å². The van der Waals surface area contributed by atoms with Gasteiger partial charge in [-0.05, 0) is 18.4 Å². The predicted molar refractivity (Wildman–Crippen MR) is 86.5 cm³/mol. The Balaban J connectivity index is 0.00000200. The Kier molecular flexibility index (Phi) is 8.89. The monoisotopic (exact) mass is 339 g/mol. The molecule has 6 nitrogen and oxygen atoms in total. The summed E-state index contributed by atoms with van der Waals surface area (Å²) in [4.78, 5) is 12.6. The van der Waals surface area contributed by atoms with Crippen LogP contribution in [0.1, 0.15) is 32.1 Å². The lowest BCUT2D eigenvalue weighted by molar-refractivity contribution is -0.402. The summed E-state index contributed by atoms with van der Waals surface area (Å²) in [6, 6.07) is 3.33. The van der Waals surface area contributed by atoms with Crippen molar-refractivity contribution in [3.8, 4) is 0 Å². The van der Waals surface area contributed by atoms with Crippen molar-refractivity contribution in [2.75, 3.05) is 26.2 Å². The first-order valence-electron chi connectivity index (χ1n) is 6.77. The zero-order valence-electron chi connectivity index (χ0n) is 12.3. The normalized spacial score (nSPS) is 16.9. The highest BCUT2D eigenvalue weighted by Gasteiger charge is 2.27. The van der Waals surface area contributed by atoms with Gasteiger partial charge in [-0.2, -0.15) is 0 Å². The molecule has 1 saturated heterocycles. The quantitative estimate of drug-likeness (QED) is 0.659. The van der Waals surface area contributed by atoms with Crippen molar-refractivity contribution in [2.24, 2.45) is 5.92 Å². The van der Waals surface area contributed by atoms with Gasteiger partial charge in [0.05, 0.1) is 12.1 Å². The van der Waals surface area contributed by atoms with E-state index in [0.717, 1.165) is 32.6 Å². The van der Waals surface area contributed by atoms with E-state index in [9.17, 15) is 10.1 Å². The Morgan fingerprint density at radius 3 is 2.43 bits per heavy atom. The number of furan rings is 1. The molecule has 0 aliphatic carbocycles. The van der Waals surface area contributed by atoms with Gasteiger partial charge < -0.3 is 9.73 Å². The van der Waals surface area contributed by atoms with Crippen LogP contribution in [0.5, 0.6) is 0 Å². The van der Waals surface area contributed by atoms with Gasteiger partial charge in [0.2, 0.25) is 0 Å². The van der Waals surface area contributed by atoms with Crippen molar-refractivity contribution in [2.45, 2.75) is 26.3 Å². The molecule has 1 aliphatic rings. The average Bonchev–Trinajstić information content (AvgIpc) is 2.86. The number of nitro groups is 1. The van der Waals surface area contributed by atoms with Crippen molar-refractivity contribution in [1.29, 1.82) is 0 Å². The standard InChI is InChI=1S/C13H21N3O3.2ClH/c1-10(2)9-11(15-7-5-14-6-8-15)12-3-4-13(19-12)16(17)18;;/h3-4,10-11,14H,5-9H2,1-2H3;2*1H/t11-;;/m0../s1. The van der Waals surface area contributed by atoms with E-state index in [1.165, 1.54) is 6.07 Å². The van der Waals surface area contributed by atoms with Gasteiger partial charge in [-0.15, -0.1) is 24.8 Å². The molecule has 21 heavy (non-hydrogen) atoms. The summed E-state index contributed by atoms with van der Waals surface area (Å²) < 4.78 is 5.40. The van der Waals surface area contributed by atoms with E-state index in [1.807, 2.05) is 0 Å². The van der Waals surface area contributed by atoms with E-state index in [0.29, 0.717) is 11.7 Å². The van der Waals surface area contributed by atoms with E-state index in [4.69, 9.17) is 4.42 Å². The van der Waals surface area contributed by atoms with E-state index in [1.54, 1.807) is 6.07 Å². The summed E-state index contributed by atoms with van der Waals surface area (Å²) >= 11 is 0. The summed E-state index contributed by atoms with van der Waals surface area (Å²) in [5.74, 6) is 1.06. The second kappa shape index (κ2) is 9.25. The van der Waals surface area contributed by atoms with Crippen LogP contribution >= 0.6 is 24.8 Å². The zero-order valence-corrected chi connectivity index (χ0v) is 13.9. The van der Waals surface area contributed by atoms with Crippen LogP contribution in [-0.2, 0) is 0 Å². The molecule has 8 heteroatoms. The molecule has 1 aromatic rings. The fraction of sp³-hybridized carbons (Fsp3) is 0.692. The van der Waals surface area contributed by atoms with Crippen molar-refractivity contribution >= 4 is 30.7 Å². The molecule has 0 saturated carbocycles. The van der Waals surface area contributed by atoms with Crippen molar-refractivity contribution in [3.05, 3.63) is 28.0 Å². The van der Waals surface area contributed by atoms with Crippen LogP contribution in [0.3, 0.4) is 0 Å². The molecule has 0 bridgehead atoms. The van der Waals surface area contributed by atoms with Gasteiger partial charge in [-0.1, -0.05) is 13.8 Å². The molecule has 1 N–H and O–H groups in total. The zero-order chi connectivity index (χ0) is 13.8. The Morgan fingerprint density at radius 2 is 1.95 bits per heavy atom. The minimum absolute atomic E-state index is 0. The van der Waals surface area contributed by atoms with Gasteiger partial charge in [0, 0.05) is 26.2 Å². The molecule has 122 valence electrons. The third-order valence-corrected chi connectivity index (χ3v) is 3.41. The summed E-state index contributed by atoms with van der Waals surface area (Å²) in [5, 5.41) is 14.0. The molecular weight excluding hydrogens is 317 g/mol. The van der Waals surface area contributed by atoms with E-state index < -0.39 is 4.92 Å². The Morgan fingerprint density at radius 1 is 1.33 bits per heavy atom. The lowest BCUT2D eigenvalue weighted by Gasteiger charge is -2.34. The lowest BCUT2D eigenvalue weighted by atomic mass is 10.00. The van der Waals surface area contributed by atoms with Crippen LogP contribution in [0.2, 0.25) is 0 Å². The number of nitrogens with one attached hydrogen (secondary N) is 1. The van der Waals surface area contributed by atoms with Gasteiger partial charge in [-0.25, -0.2) is 0 Å². The minimum atomic E-state index is -0.478. The topological polar surface area (TPSA) is 71.5 Å². The first-order chi connectivity index (χ1) is 9.08. The SMILES string of the molecule is CC(C)C[C@@H](c1ccc([N+](=O)[O-])o1)N1CCNCC1.Cl.Cl. The second-order valence-corrected chi connectivity index (χ2v) is 5.36. The number of halogens is 2. The summed E-state index contributed by atoms with van der Waals surface area (Å²) in [7, 11) is 0. The molecule has 1 aromatic heterocycles. The Bertz CT molecular complexity index is 434. The maximum atomic E-state index is 10.7. The maximum Gasteiger partial charge on any atom is 0.433 e. The van der Waals surface area contributed by atoms with Crippen LogP contribution in [0.25, 0.3) is 0 Å². The molecule has 1 atom stereocenters. The largest absolute Gasteiger partial charge is 0.433 e. The highest BCUT2D eigenvalue weighted by Crippen LogP contribution is 2.31. The highest BCUT2D eigenvalue weighted by atomic mass is 35.5. The maximum absolute atomic E-state index is 10.7. The van der Waals surface area contributed by atoms with Gasteiger partial charge in [-0.3, -0.25) is 15.0 Å². The first-order valence-corrected chi connectivity index (χ1v) is 6.77. The molecule has 0 aromatic carbocycles. The number of hydrogen-bond acceptors (Lipinski definition) is 5. The first kappa shape index (κ1) is 20.2. The van der Waals surface area contributed by atoms with Gasteiger partial charge in [0.1, 0.15) is 10.7 Å². The number of nitrogens with zero attached hydrogens (tertiary/aromatic N) is 2. The third kappa shape index (κ3) is 5.47. The Labute approximate surface area is 137 Å². The predicted octanol–water partition coefficient (Wildman–Crippen LogP) is 3.02. The molecule has 0 unspecified atom stereocenters. The number of hydrogen-bond donors (Lipinski definition) is 1. The molecule has 1 fully saturated rings. The van der Waals surface area contributed by atoms with Gasteiger partial charge in [0.25, 0.3) is 0 Å². The molecular formula is C13H23Cl2N3O3. The van der Waals surface area contributed by atoms with Crippen LogP contribution in [0.15, 0.2) is 16.5 Å². The fourth-order valence-corrected chi connectivity index (χ4v) is 2.50. The van der Waals surface area contributed by atoms with Crippen LogP contribution in [0, 0.1) is 16.0 Å². The number of piperazine rings is 1. The summed E-state index contributed by atoms with van der Waals surface area (Å²) in [5.41, 5.74) is 0. The highest BCUT2D eigenvalue weighted by molar-refractivity contribution is 5.85. The van der Waals surface area contributed by atoms with Crippen LogP contribution in [-0.4, -0.2) is 36.0 Å². The lowest BCUT2D eigenvalue weighted by Crippen LogP contribution is -2.45. The van der Waals surface area contributed by atoms with Gasteiger partial charge >= 0.3 is 5.88 Å². The Hall–Kier alpha value is -0.820. The molecule has 2 heterocycles. The smallest absolute Gasteiger partial charge is 0.404 e. The molecule has 0 spiro atoms. The fourth-order valence-electron chi connectivity index (χ4n) is 2.50. The minimum Gasteiger partial charge on any atom is -0.404 e. The second-order valence-electron chi connectivity index (χ2n) is 5.36. The third-order valence-electron chi connectivity index (χ3n) is 3.41. The summed E-state index contributed by atoms with van der Waals surface area (Å²) in [6.45, 7) is 8.13. The average molecular weight is 340 g/mol. The van der Waals surface area contributed by atoms with Crippen LogP contribution < -0.4 is 5.32 Å². The molecule has 1 aliphatic heterocycles. The van der Waals surface area contributed by atoms with Crippen molar-refractivity contribution in [3.63, 3.8) is 0 Å². The van der Waals surface area contributed by atoms with E-state index in [2.05, 4.69) is 24.1 Å². The number of rotatable bonds is 5. The molecule has 0 amide bonds. The summed E-state index contributed by atoms with van der Waals surface area (Å²) in [6.07, 6.45) is 0.949. The van der Waals surface area contributed by atoms with Crippen molar-refractivity contribution in [1.82, 2.24) is 10.2 Å². The van der Waals surface area contributed by atoms with Crippen LogP contribution in [0.4, 0.5) is 5.88 Å². The van der Waals surface area contributed by atoms with E-state index in [-0.39, 0.29) is 36.7 Å². The van der Waals surface area contributed by atoms with Crippen molar-refractivity contribution < 1.29 is 9.34 Å². The molecule has 0 radical (unpaired) electrons. The van der Waals surface area contributed by atoms with E-state index >= 15 is 0 Å². The molecule has 2 rings (SSSR count).